The van der Waals surface area contributed by atoms with E-state index >= 15 is 0 Å². The molecule has 2 N–H and O–H groups in total. The Morgan fingerprint density at radius 2 is 2.24 bits per heavy atom. The molecule has 1 aromatic heterocycles. The van der Waals surface area contributed by atoms with Gasteiger partial charge in [0, 0.05) is 31.9 Å². The van der Waals surface area contributed by atoms with Gasteiger partial charge >= 0.3 is 12.0 Å². The third kappa shape index (κ3) is 4.47. The van der Waals surface area contributed by atoms with E-state index in [0.717, 1.165) is 6.54 Å². The molecule has 116 valence electrons. The van der Waals surface area contributed by atoms with Gasteiger partial charge in [0.05, 0.1) is 6.33 Å². The van der Waals surface area contributed by atoms with Crippen LogP contribution in [0.5, 0.6) is 0 Å². The van der Waals surface area contributed by atoms with Crippen molar-refractivity contribution in [2.24, 2.45) is 5.92 Å². The number of aromatic nitrogens is 2. The van der Waals surface area contributed by atoms with E-state index in [1.807, 2.05) is 18.7 Å². The Hall–Kier alpha value is -2.05. The minimum atomic E-state index is -1.05. The highest BCUT2D eigenvalue weighted by Gasteiger charge is 2.27. The highest BCUT2D eigenvalue weighted by molar-refractivity contribution is 5.84. The Balaban J connectivity index is 1.77. The van der Waals surface area contributed by atoms with Gasteiger partial charge in [-0.25, -0.2) is 14.6 Å². The number of carboxylic acids is 1. The van der Waals surface area contributed by atoms with Crippen molar-refractivity contribution in [1.82, 2.24) is 19.8 Å². The van der Waals surface area contributed by atoms with Crippen molar-refractivity contribution >= 4 is 12.0 Å². The van der Waals surface area contributed by atoms with E-state index in [2.05, 4.69) is 10.3 Å². The highest BCUT2D eigenvalue weighted by Crippen LogP contribution is 2.30. The number of carbonyl (C=O) groups is 2. The van der Waals surface area contributed by atoms with Crippen LogP contribution in [0.3, 0.4) is 0 Å². The number of carboxylic acid groups (broad SMARTS) is 1. The zero-order valence-electron chi connectivity index (χ0n) is 12.5. The number of imidazole rings is 1. The molecule has 7 heteroatoms. The molecule has 0 aliphatic heterocycles. The summed E-state index contributed by atoms with van der Waals surface area (Å²) in [5.41, 5.74) is 0.0128. The van der Waals surface area contributed by atoms with Gasteiger partial charge in [0.15, 0.2) is 5.69 Å². The van der Waals surface area contributed by atoms with Crippen LogP contribution in [0.1, 0.15) is 37.2 Å². The molecule has 0 aromatic carbocycles. The van der Waals surface area contributed by atoms with Crippen LogP contribution in [0.25, 0.3) is 0 Å². The van der Waals surface area contributed by atoms with Crippen molar-refractivity contribution in [3.8, 4) is 0 Å². The first-order valence-electron chi connectivity index (χ1n) is 7.27. The van der Waals surface area contributed by atoms with Gasteiger partial charge in [-0.05, 0) is 32.6 Å². The molecule has 0 unspecified atom stereocenters. The molecule has 0 radical (unpaired) electrons. The van der Waals surface area contributed by atoms with Gasteiger partial charge in [-0.3, -0.25) is 0 Å². The van der Waals surface area contributed by atoms with Gasteiger partial charge < -0.3 is 19.9 Å². The SMILES string of the molecule is CC(C)N(CC1CC1)C(=O)NCCn1cnc(C(=O)O)c1. The van der Waals surface area contributed by atoms with Gasteiger partial charge in [0.2, 0.25) is 0 Å². The Bertz CT molecular complexity index is 508. The van der Waals surface area contributed by atoms with E-state index in [1.165, 1.54) is 25.4 Å². The summed E-state index contributed by atoms with van der Waals surface area (Å²) in [6.45, 7) is 5.79. The zero-order chi connectivity index (χ0) is 15.4. The Kier molecular flexibility index (Phi) is 4.82. The monoisotopic (exact) mass is 294 g/mol. The van der Waals surface area contributed by atoms with Crippen molar-refractivity contribution in [3.05, 3.63) is 18.2 Å². The molecule has 2 rings (SSSR count). The predicted octanol–water partition coefficient (Wildman–Crippen LogP) is 1.41. The molecule has 1 fully saturated rings. The summed E-state index contributed by atoms with van der Waals surface area (Å²) in [6, 6.07) is 0.118. The largest absolute Gasteiger partial charge is 0.476 e. The van der Waals surface area contributed by atoms with Crippen LogP contribution in [0.4, 0.5) is 4.79 Å². The normalized spacial score (nSPS) is 14.2. The molecular weight excluding hydrogens is 272 g/mol. The average Bonchev–Trinajstić information content (AvgIpc) is 3.11. The second-order valence-electron chi connectivity index (χ2n) is 5.72. The zero-order valence-corrected chi connectivity index (χ0v) is 12.5. The summed E-state index contributed by atoms with van der Waals surface area (Å²) >= 11 is 0. The summed E-state index contributed by atoms with van der Waals surface area (Å²) in [5.74, 6) is -0.391. The van der Waals surface area contributed by atoms with Gasteiger partial charge in [0.1, 0.15) is 0 Å². The lowest BCUT2D eigenvalue weighted by Gasteiger charge is -2.27. The number of urea groups is 1. The first-order valence-corrected chi connectivity index (χ1v) is 7.27. The molecule has 1 saturated carbocycles. The fourth-order valence-corrected chi connectivity index (χ4v) is 2.09. The second kappa shape index (κ2) is 6.60. The minimum Gasteiger partial charge on any atom is -0.476 e. The molecule has 0 saturated heterocycles. The lowest BCUT2D eigenvalue weighted by molar-refractivity contribution is 0.0691. The lowest BCUT2D eigenvalue weighted by atomic mass is 10.3. The molecule has 1 aliphatic rings. The van der Waals surface area contributed by atoms with Crippen molar-refractivity contribution in [1.29, 1.82) is 0 Å². The standard InChI is InChI=1S/C14H22N4O3/c1-10(2)18(7-11-3-4-11)14(21)15-5-6-17-8-12(13(19)20)16-9-17/h8-11H,3-7H2,1-2H3,(H,15,21)(H,19,20). The number of amides is 2. The fraction of sp³-hybridized carbons (Fsp3) is 0.643. The van der Waals surface area contributed by atoms with Gasteiger partial charge in [-0.15, -0.1) is 0 Å². The second-order valence-corrected chi connectivity index (χ2v) is 5.72. The van der Waals surface area contributed by atoms with E-state index in [4.69, 9.17) is 5.11 Å². The molecule has 0 spiro atoms. The lowest BCUT2D eigenvalue weighted by Crippen LogP contribution is -2.45. The topological polar surface area (TPSA) is 87.5 Å². The quantitative estimate of drug-likeness (QED) is 0.796. The molecule has 2 amide bonds. The number of nitrogens with one attached hydrogen (secondary N) is 1. The number of nitrogens with zero attached hydrogens (tertiary/aromatic N) is 3. The van der Waals surface area contributed by atoms with Crippen LogP contribution in [-0.4, -0.2) is 50.7 Å². The van der Waals surface area contributed by atoms with Gasteiger partial charge in [-0.2, -0.15) is 0 Å². The smallest absolute Gasteiger partial charge is 0.356 e. The Morgan fingerprint density at radius 1 is 1.52 bits per heavy atom. The minimum absolute atomic E-state index is 0.0128. The number of hydrogen-bond acceptors (Lipinski definition) is 3. The summed E-state index contributed by atoms with van der Waals surface area (Å²) in [5, 5.41) is 11.7. The van der Waals surface area contributed by atoms with Crippen LogP contribution in [-0.2, 0) is 6.54 Å². The van der Waals surface area contributed by atoms with Gasteiger partial charge in [-0.1, -0.05) is 0 Å². The number of carbonyl (C=O) groups excluding carboxylic acids is 1. The molecule has 0 atom stereocenters. The number of rotatable bonds is 7. The summed E-state index contributed by atoms with van der Waals surface area (Å²) < 4.78 is 1.66. The average molecular weight is 294 g/mol. The Labute approximate surface area is 124 Å². The maximum atomic E-state index is 12.1. The van der Waals surface area contributed by atoms with Crippen molar-refractivity contribution in [3.63, 3.8) is 0 Å². The third-order valence-corrected chi connectivity index (χ3v) is 3.53. The van der Waals surface area contributed by atoms with E-state index in [0.29, 0.717) is 19.0 Å². The molecule has 21 heavy (non-hydrogen) atoms. The molecule has 1 aliphatic carbocycles. The van der Waals surface area contributed by atoms with E-state index in [-0.39, 0.29) is 17.8 Å². The molecule has 1 heterocycles. The van der Waals surface area contributed by atoms with Crippen molar-refractivity contribution in [2.45, 2.75) is 39.3 Å². The molecule has 7 nitrogen and oxygen atoms in total. The Morgan fingerprint density at radius 3 is 2.76 bits per heavy atom. The maximum Gasteiger partial charge on any atom is 0.356 e. The first kappa shape index (κ1) is 15.3. The van der Waals surface area contributed by atoms with Crippen molar-refractivity contribution in [2.75, 3.05) is 13.1 Å². The summed E-state index contributed by atoms with van der Waals surface area (Å²) in [7, 11) is 0. The van der Waals surface area contributed by atoms with Crippen LogP contribution >= 0.6 is 0 Å². The van der Waals surface area contributed by atoms with E-state index in [1.54, 1.807) is 4.57 Å². The molecule has 0 bridgehead atoms. The predicted molar refractivity (Wildman–Crippen MR) is 77.2 cm³/mol. The number of hydrogen-bond donors (Lipinski definition) is 2. The van der Waals surface area contributed by atoms with Crippen molar-refractivity contribution < 1.29 is 14.7 Å². The first-order chi connectivity index (χ1) is 9.97. The summed E-state index contributed by atoms with van der Waals surface area (Å²) in [4.78, 5) is 28.5. The van der Waals surface area contributed by atoms with Gasteiger partial charge in [0.25, 0.3) is 0 Å². The van der Waals surface area contributed by atoms with E-state index in [9.17, 15) is 9.59 Å². The number of aromatic carboxylic acids is 1. The maximum absolute atomic E-state index is 12.1. The van der Waals surface area contributed by atoms with Crippen LogP contribution < -0.4 is 5.32 Å². The fourth-order valence-electron chi connectivity index (χ4n) is 2.09. The third-order valence-electron chi connectivity index (χ3n) is 3.53. The van der Waals surface area contributed by atoms with Crippen LogP contribution in [0.15, 0.2) is 12.5 Å². The summed E-state index contributed by atoms with van der Waals surface area (Å²) in [6.07, 6.45) is 5.34. The molecule has 1 aromatic rings. The van der Waals surface area contributed by atoms with E-state index < -0.39 is 5.97 Å². The van der Waals surface area contributed by atoms with Crippen LogP contribution in [0.2, 0.25) is 0 Å². The highest BCUT2D eigenvalue weighted by atomic mass is 16.4. The van der Waals surface area contributed by atoms with Crippen LogP contribution in [0, 0.1) is 5.92 Å². The molecular formula is C14H22N4O3.